The van der Waals surface area contributed by atoms with Gasteiger partial charge in [0, 0.05) is 55.7 Å². The highest BCUT2D eigenvalue weighted by atomic mass is 32.2. The first-order chi connectivity index (χ1) is 20.7. The van der Waals surface area contributed by atoms with Crippen LogP contribution in [0.25, 0.3) is 0 Å². The van der Waals surface area contributed by atoms with Crippen LogP contribution in [0.2, 0.25) is 0 Å². The Labute approximate surface area is 251 Å². The second-order valence-corrected chi connectivity index (χ2v) is 15.2. The number of aromatic hydroxyl groups is 1. The van der Waals surface area contributed by atoms with Gasteiger partial charge in [-0.3, -0.25) is 4.90 Å². The van der Waals surface area contributed by atoms with Crippen molar-refractivity contribution in [1.29, 1.82) is 0 Å². The first-order valence-corrected chi connectivity index (χ1v) is 16.7. The third kappa shape index (κ3) is 4.98. The van der Waals surface area contributed by atoms with Crippen LogP contribution in [0.5, 0.6) is 11.8 Å². The number of ether oxygens (including phenoxy) is 1. The van der Waals surface area contributed by atoms with Crippen LogP contribution < -0.4 is 15.0 Å². The highest BCUT2D eigenvalue weighted by molar-refractivity contribution is 7.91. The number of phenols is 1. The molecule has 240 valence electrons. The molecule has 1 aromatic carbocycles. The van der Waals surface area contributed by atoms with E-state index in [9.17, 15) is 31.1 Å². The summed E-state index contributed by atoms with van der Waals surface area (Å²) in [5, 5.41) is 11.7. The van der Waals surface area contributed by atoms with Gasteiger partial charge in [0.25, 0.3) is 0 Å². The van der Waals surface area contributed by atoms with Crippen LogP contribution in [0.3, 0.4) is 0 Å². The molecule has 5 aliphatic rings. The number of fused-ring (bicyclic) bond motifs is 4. The minimum absolute atomic E-state index is 0.0742. The number of sulfone groups is 1. The van der Waals surface area contributed by atoms with Gasteiger partial charge in [-0.1, -0.05) is 0 Å². The molecule has 5 aliphatic heterocycles. The molecule has 2 N–H and O–H groups in total. The topological polar surface area (TPSA) is 108 Å². The maximum absolute atomic E-state index is 15.3. The number of phenolic OH excluding ortho intramolecular Hbond substituents is 1. The van der Waals surface area contributed by atoms with Crippen molar-refractivity contribution in [2.45, 2.75) is 86.4 Å². The zero-order valence-corrected chi connectivity index (χ0v) is 24.9. The number of anilines is 1. The molecule has 5 atom stereocenters. The van der Waals surface area contributed by atoms with Gasteiger partial charge in [0.1, 0.15) is 18.6 Å². The van der Waals surface area contributed by atoms with E-state index in [0.717, 1.165) is 39.2 Å². The molecule has 4 saturated heterocycles. The number of nitrogens with one attached hydrogen (secondary N) is 1. The van der Waals surface area contributed by atoms with Crippen molar-refractivity contribution < 1.29 is 40.2 Å². The van der Waals surface area contributed by atoms with Gasteiger partial charge in [0.2, 0.25) is 0 Å². The van der Waals surface area contributed by atoms with Gasteiger partial charge in [0.05, 0.1) is 27.8 Å². The van der Waals surface area contributed by atoms with Gasteiger partial charge in [-0.05, 0) is 50.8 Å². The van der Waals surface area contributed by atoms with Gasteiger partial charge in [0.15, 0.2) is 21.4 Å². The van der Waals surface area contributed by atoms with Crippen molar-refractivity contribution in [3.8, 4) is 11.8 Å². The molecular weight excluding hydrogens is 609 g/mol. The van der Waals surface area contributed by atoms with Crippen LogP contribution in [0.15, 0.2) is 6.07 Å². The van der Waals surface area contributed by atoms with Crippen LogP contribution in [0, 0.1) is 12.7 Å². The van der Waals surface area contributed by atoms with E-state index in [0.29, 0.717) is 37.9 Å². The fraction of sp³-hybridized carbons (Fsp3) is 0.655. The molecule has 0 spiro atoms. The van der Waals surface area contributed by atoms with E-state index < -0.39 is 73.4 Å². The van der Waals surface area contributed by atoms with E-state index in [1.54, 1.807) is 0 Å². The Bertz CT molecular complexity index is 1600. The predicted octanol–water partition coefficient (Wildman–Crippen LogP) is 3.76. The SMILES string of the molecule is Cc1cc(O)c(F)c([C@H]2Cc3nc(OC[C@@]45CCCN4C[C@H](F)C5)nc(N4C[C@H]5CC[C@@H](C4)N5)c3CS2(=O)=O)c1C(F)(F)F. The van der Waals surface area contributed by atoms with Gasteiger partial charge in [-0.15, -0.1) is 0 Å². The van der Waals surface area contributed by atoms with Crippen molar-refractivity contribution in [2.24, 2.45) is 0 Å². The smallest absolute Gasteiger partial charge is 0.417 e. The van der Waals surface area contributed by atoms with Gasteiger partial charge in [-0.25, -0.2) is 17.2 Å². The van der Waals surface area contributed by atoms with Crippen molar-refractivity contribution >= 4 is 15.7 Å². The van der Waals surface area contributed by atoms with E-state index in [4.69, 9.17) is 4.74 Å². The van der Waals surface area contributed by atoms with Crippen molar-refractivity contribution in [3.05, 3.63) is 39.8 Å². The molecule has 7 rings (SSSR count). The lowest BCUT2D eigenvalue weighted by Crippen LogP contribution is -2.52. The summed E-state index contributed by atoms with van der Waals surface area (Å²) in [6.45, 7) is 3.32. The number of piperazine rings is 1. The Hall–Kier alpha value is -2.78. The van der Waals surface area contributed by atoms with E-state index >= 15 is 4.39 Å². The third-order valence-electron chi connectivity index (χ3n) is 10.0. The third-order valence-corrected chi connectivity index (χ3v) is 12.0. The Morgan fingerprint density at radius 3 is 2.61 bits per heavy atom. The van der Waals surface area contributed by atoms with E-state index in [1.165, 1.54) is 0 Å². The standard InChI is InChI=1S/C29H34F5N5O4S/c1-15-7-21(40)25(31)23(24(15)29(32,33)34)22-8-20-19(13-44(22,41)42)26(38-11-17-3-4-18(12-38)35-17)37-27(36-20)43-14-28-5-2-6-39(28)10-16(30)9-28/h7,16-18,22,35,40H,2-6,8-14H2,1H3/t16-,17-,18+,22-,28+/m1/s1. The maximum atomic E-state index is 15.3. The number of nitrogens with zero attached hydrogens (tertiary/aromatic N) is 4. The lowest BCUT2D eigenvalue weighted by Gasteiger charge is -2.37. The van der Waals surface area contributed by atoms with Crippen LogP contribution in [-0.2, 0) is 28.2 Å². The average Bonchev–Trinajstić information content (AvgIpc) is 3.58. The first kappa shape index (κ1) is 29.9. The molecule has 44 heavy (non-hydrogen) atoms. The van der Waals surface area contributed by atoms with E-state index in [2.05, 4.69) is 20.2 Å². The second kappa shape index (κ2) is 10.4. The summed E-state index contributed by atoms with van der Waals surface area (Å²) in [6.07, 6.45) is -2.79. The number of halogens is 5. The zero-order chi connectivity index (χ0) is 31.2. The first-order valence-electron chi connectivity index (χ1n) is 15.0. The van der Waals surface area contributed by atoms with E-state index in [-0.39, 0.29) is 36.0 Å². The Kier molecular flexibility index (Phi) is 7.05. The van der Waals surface area contributed by atoms with Crippen LogP contribution in [0.1, 0.15) is 65.3 Å². The van der Waals surface area contributed by atoms with Crippen LogP contribution in [0.4, 0.5) is 27.8 Å². The molecule has 0 amide bonds. The van der Waals surface area contributed by atoms with Crippen molar-refractivity contribution in [3.63, 3.8) is 0 Å². The summed E-state index contributed by atoms with van der Waals surface area (Å²) in [6, 6.07) is 0.907. The molecule has 1 aromatic heterocycles. The highest BCUT2D eigenvalue weighted by Gasteiger charge is 2.50. The molecule has 0 saturated carbocycles. The Balaban J connectivity index is 1.31. The average molecular weight is 644 g/mol. The predicted molar refractivity (Wildman–Crippen MR) is 150 cm³/mol. The summed E-state index contributed by atoms with van der Waals surface area (Å²) in [5.74, 6) is -3.04. The van der Waals surface area contributed by atoms with Crippen molar-refractivity contribution in [2.75, 3.05) is 37.7 Å². The molecule has 0 unspecified atom stereocenters. The number of hydrogen-bond acceptors (Lipinski definition) is 9. The fourth-order valence-corrected chi connectivity index (χ4v) is 10.0. The summed E-state index contributed by atoms with van der Waals surface area (Å²) in [5.41, 5.74) is -3.12. The van der Waals surface area contributed by atoms with Gasteiger partial charge < -0.3 is 20.1 Å². The number of benzene rings is 1. The van der Waals surface area contributed by atoms with Gasteiger partial charge in [-0.2, -0.15) is 23.1 Å². The van der Waals surface area contributed by atoms with Crippen LogP contribution in [-0.4, -0.2) is 85.0 Å². The van der Waals surface area contributed by atoms with Crippen LogP contribution >= 0.6 is 0 Å². The highest BCUT2D eigenvalue weighted by Crippen LogP contribution is 2.48. The molecule has 0 radical (unpaired) electrons. The molecule has 2 aromatic rings. The zero-order valence-electron chi connectivity index (χ0n) is 24.1. The summed E-state index contributed by atoms with van der Waals surface area (Å²) < 4.78 is 106. The van der Waals surface area contributed by atoms with Gasteiger partial charge >= 0.3 is 12.2 Å². The summed E-state index contributed by atoms with van der Waals surface area (Å²) in [4.78, 5) is 13.2. The molecule has 2 bridgehead atoms. The van der Waals surface area contributed by atoms with Crippen molar-refractivity contribution in [1.82, 2.24) is 20.2 Å². The molecular formula is C29H34F5N5O4S. The number of alkyl halides is 4. The van der Waals surface area contributed by atoms with E-state index in [1.807, 2.05) is 4.90 Å². The quantitative estimate of drug-likeness (QED) is 0.471. The largest absolute Gasteiger partial charge is 0.505 e. The monoisotopic (exact) mass is 643 g/mol. The number of aryl methyl sites for hydroxylation is 1. The molecule has 0 aliphatic carbocycles. The molecule has 6 heterocycles. The number of rotatable bonds is 5. The maximum Gasteiger partial charge on any atom is 0.417 e. The fourth-order valence-electron chi connectivity index (χ4n) is 8.12. The Morgan fingerprint density at radius 2 is 1.91 bits per heavy atom. The molecule has 4 fully saturated rings. The minimum Gasteiger partial charge on any atom is -0.505 e. The summed E-state index contributed by atoms with van der Waals surface area (Å²) >= 11 is 0. The number of hydrogen-bond donors (Lipinski definition) is 2. The second-order valence-electron chi connectivity index (χ2n) is 13.0. The molecule has 9 nitrogen and oxygen atoms in total. The number of aromatic nitrogens is 2. The minimum atomic E-state index is -5.07. The normalized spacial score (nSPS) is 31.3. The molecule has 15 heteroatoms. The lowest BCUT2D eigenvalue weighted by molar-refractivity contribution is -0.138. The Morgan fingerprint density at radius 1 is 1.18 bits per heavy atom. The summed E-state index contributed by atoms with van der Waals surface area (Å²) in [7, 11) is -4.42. The lowest BCUT2D eigenvalue weighted by atomic mass is 9.94.